The lowest BCUT2D eigenvalue weighted by atomic mass is 10.1. The molecule has 1 amide bonds. The van der Waals surface area contributed by atoms with Gasteiger partial charge in [-0.1, -0.05) is 0 Å². The van der Waals surface area contributed by atoms with Crippen molar-refractivity contribution in [2.45, 2.75) is 6.92 Å². The Morgan fingerprint density at radius 2 is 1.62 bits per heavy atom. The second-order valence-corrected chi connectivity index (χ2v) is 6.12. The van der Waals surface area contributed by atoms with Gasteiger partial charge < -0.3 is 28.7 Å². The van der Waals surface area contributed by atoms with Crippen LogP contribution >= 0.6 is 0 Å². The van der Waals surface area contributed by atoms with E-state index in [0.717, 1.165) is 5.39 Å². The molecule has 0 unspecified atom stereocenters. The Morgan fingerprint density at radius 3 is 2.24 bits per heavy atom. The molecule has 0 saturated carbocycles. The van der Waals surface area contributed by atoms with Crippen LogP contribution < -0.4 is 19.5 Å². The zero-order valence-electron chi connectivity index (χ0n) is 16.7. The Hall–Kier alpha value is -3.68. The van der Waals surface area contributed by atoms with Gasteiger partial charge in [0.15, 0.2) is 17.3 Å². The maximum atomic E-state index is 12.9. The van der Waals surface area contributed by atoms with E-state index in [9.17, 15) is 9.59 Å². The van der Waals surface area contributed by atoms with Gasteiger partial charge in [0.05, 0.1) is 39.7 Å². The van der Waals surface area contributed by atoms with Crippen LogP contribution in [0.4, 0.5) is 5.69 Å². The smallest absolute Gasteiger partial charge is 0.340 e. The van der Waals surface area contributed by atoms with E-state index in [2.05, 4.69) is 5.32 Å². The van der Waals surface area contributed by atoms with Gasteiger partial charge in [-0.15, -0.1) is 0 Å². The molecule has 8 nitrogen and oxygen atoms in total. The van der Waals surface area contributed by atoms with Crippen molar-refractivity contribution < 1.29 is 33.0 Å². The molecule has 0 saturated heterocycles. The number of anilines is 1. The third-order valence-corrected chi connectivity index (χ3v) is 4.53. The van der Waals surface area contributed by atoms with Gasteiger partial charge in [0, 0.05) is 23.1 Å². The summed E-state index contributed by atoms with van der Waals surface area (Å²) in [6.45, 7) is 1.77. The van der Waals surface area contributed by atoms with Crippen molar-refractivity contribution in [3.05, 3.63) is 47.2 Å². The van der Waals surface area contributed by atoms with Gasteiger partial charge in [-0.3, -0.25) is 4.79 Å². The first-order valence-corrected chi connectivity index (χ1v) is 8.66. The highest BCUT2D eigenvalue weighted by atomic mass is 16.5. The molecule has 0 spiro atoms. The van der Waals surface area contributed by atoms with Gasteiger partial charge in [0.2, 0.25) is 0 Å². The number of carbonyl (C=O) groups excluding carboxylic acids is 2. The van der Waals surface area contributed by atoms with E-state index in [1.807, 2.05) is 0 Å². The number of nitrogens with one attached hydrogen (secondary N) is 1. The van der Waals surface area contributed by atoms with Crippen LogP contribution in [0, 0.1) is 6.92 Å². The molecule has 29 heavy (non-hydrogen) atoms. The quantitative estimate of drug-likeness (QED) is 0.630. The molecule has 0 aliphatic carbocycles. The number of methoxy groups -OCH3 is 4. The van der Waals surface area contributed by atoms with Crippen LogP contribution in [-0.4, -0.2) is 40.3 Å². The number of furan rings is 1. The number of ether oxygens (including phenoxy) is 4. The van der Waals surface area contributed by atoms with Gasteiger partial charge >= 0.3 is 5.97 Å². The van der Waals surface area contributed by atoms with Gasteiger partial charge in [-0.05, 0) is 25.1 Å². The maximum Gasteiger partial charge on any atom is 0.340 e. The SMILES string of the molecule is COC(=O)c1cc(OC)c(OC)cc1NC(=O)c1oc2ccc(OC)cc2c1C. The summed E-state index contributed by atoms with van der Waals surface area (Å²) in [7, 11) is 5.72. The van der Waals surface area contributed by atoms with E-state index in [0.29, 0.717) is 28.4 Å². The van der Waals surface area contributed by atoms with E-state index >= 15 is 0 Å². The first-order valence-electron chi connectivity index (χ1n) is 8.66. The fourth-order valence-electron chi connectivity index (χ4n) is 2.98. The molecular formula is C21H21NO7. The highest BCUT2D eigenvalue weighted by Gasteiger charge is 2.23. The van der Waals surface area contributed by atoms with Gasteiger partial charge in [-0.25, -0.2) is 4.79 Å². The summed E-state index contributed by atoms with van der Waals surface area (Å²) in [5, 5.41) is 3.46. The number of hydrogen-bond acceptors (Lipinski definition) is 7. The normalized spacial score (nSPS) is 10.5. The van der Waals surface area contributed by atoms with Crippen LogP contribution in [0.2, 0.25) is 0 Å². The Balaban J connectivity index is 2.03. The van der Waals surface area contributed by atoms with Crippen molar-refractivity contribution in [2.75, 3.05) is 33.8 Å². The Bertz CT molecular complexity index is 1080. The maximum absolute atomic E-state index is 12.9. The highest BCUT2D eigenvalue weighted by molar-refractivity contribution is 6.09. The fourth-order valence-corrected chi connectivity index (χ4v) is 2.98. The molecule has 0 aliphatic rings. The topological polar surface area (TPSA) is 96.2 Å². The first kappa shape index (κ1) is 20.1. The third-order valence-electron chi connectivity index (χ3n) is 4.53. The molecule has 0 radical (unpaired) electrons. The highest BCUT2D eigenvalue weighted by Crippen LogP contribution is 2.35. The average Bonchev–Trinajstić information content (AvgIpc) is 3.08. The van der Waals surface area contributed by atoms with Crippen molar-refractivity contribution in [3.8, 4) is 17.2 Å². The number of esters is 1. The summed E-state index contributed by atoms with van der Waals surface area (Å²) in [4.78, 5) is 25.1. The predicted octanol–water partition coefficient (Wildman–Crippen LogP) is 3.81. The van der Waals surface area contributed by atoms with E-state index < -0.39 is 11.9 Å². The molecule has 152 valence electrons. The summed E-state index contributed by atoms with van der Waals surface area (Å²) >= 11 is 0. The average molecular weight is 399 g/mol. The van der Waals surface area contributed by atoms with Crippen molar-refractivity contribution in [2.24, 2.45) is 0 Å². The Morgan fingerprint density at radius 1 is 0.931 bits per heavy atom. The number of benzene rings is 2. The van der Waals surface area contributed by atoms with Crippen LogP contribution in [0.1, 0.15) is 26.5 Å². The van der Waals surface area contributed by atoms with Crippen LogP contribution in [-0.2, 0) is 4.74 Å². The number of rotatable bonds is 6. The van der Waals surface area contributed by atoms with Crippen LogP contribution in [0.25, 0.3) is 11.0 Å². The van der Waals surface area contributed by atoms with Crippen LogP contribution in [0.5, 0.6) is 17.2 Å². The standard InChI is InChI=1S/C21H21NO7/c1-11-13-8-12(25-2)6-7-16(13)29-19(11)20(23)22-15-10-18(27-4)17(26-3)9-14(15)21(24)28-5/h6-10H,1-5H3,(H,22,23). The van der Waals surface area contributed by atoms with Crippen LogP contribution in [0.3, 0.4) is 0 Å². The molecule has 0 aliphatic heterocycles. The van der Waals surface area contributed by atoms with E-state index in [1.165, 1.54) is 33.5 Å². The van der Waals surface area contributed by atoms with E-state index in [4.69, 9.17) is 23.4 Å². The molecule has 1 heterocycles. The van der Waals surface area contributed by atoms with Crippen molar-refractivity contribution in [3.63, 3.8) is 0 Å². The summed E-state index contributed by atoms with van der Waals surface area (Å²) in [6.07, 6.45) is 0. The number of fused-ring (bicyclic) bond motifs is 1. The Kier molecular flexibility index (Phi) is 5.63. The third kappa shape index (κ3) is 3.69. The zero-order chi connectivity index (χ0) is 21.1. The number of aryl methyl sites for hydroxylation is 1. The molecule has 8 heteroatoms. The van der Waals surface area contributed by atoms with Gasteiger partial charge in [0.25, 0.3) is 5.91 Å². The Labute approximate surface area is 167 Å². The van der Waals surface area contributed by atoms with Gasteiger partial charge in [0.1, 0.15) is 11.3 Å². The fraction of sp³-hybridized carbons (Fsp3) is 0.238. The number of amides is 1. The summed E-state index contributed by atoms with van der Waals surface area (Å²) in [5.41, 5.74) is 1.52. The van der Waals surface area contributed by atoms with Crippen LogP contribution in [0.15, 0.2) is 34.7 Å². The number of carbonyl (C=O) groups is 2. The summed E-state index contributed by atoms with van der Waals surface area (Å²) < 4.78 is 26.2. The second kappa shape index (κ2) is 8.14. The minimum absolute atomic E-state index is 0.119. The first-order chi connectivity index (χ1) is 13.9. The van der Waals surface area contributed by atoms with Gasteiger partial charge in [-0.2, -0.15) is 0 Å². The summed E-state index contributed by atoms with van der Waals surface area (Å²) in [6, 6.07) is 8.20. The van der Waals surface area contributed by atoms with Crippen molar-refractivity contribution in [1.82, 2.24) is 0 Å². The molecule has 0 atom stereocenters. The molecule has 1 aromatic heterocycles. The molecule has 3 rings (SSSR count). The lowest BCUT2D eigenvalue weighted by Crippen LogP contribution is -2.16. The van der Waals surface area contributed by atoms with Crippen molar-refractivity contribution in [1.29, 1.82) is 0 Å². The van der Waals surface area contributed by atoms with E-state index in [1.54, 1.807) is 32.2 Å². The molecule has 1 N–H and O–H groups in total. The number of hydrogen-bond donors (Lipinski definition) is 1. The van der Waals surface area contributed by atoms with Crippen molar-refractivity contribution >= 4 is 28.5 Å². The molecular weight excluding hydrogens is 378 g/mol. The lowest BCUT2D eigenvalue weighted by molar-refractivity contribution is 0.0601. The van der Waals surface area contributed by atoms with E-state index in [-0.39, 0.29) is 17.0 Å². The molecule has 0 bridgehead atoms. The summed E-state index contributed by atoms with van der Waals surface area (Å²) in [5.74, 6) is 0.307. The second-order valence-electron chi connectivity index (χ2n) is 6.12. The lowest BCUT2D eigenvalue weighted by Gasteiger charge is -2.14. The minimum atomic E-state index is -0.632. The minimum Gasteiger partial charge on any atom is -0.497 e. The molecule has 3 aromatic rings. The monoisotopic (exact) mass is 399 g/mol. The zero-order valence-corrected chi connectivity index (χ0v) is 16.7. The largest absolute Gasteiger partial charge is 0.497 e. The molecule has 2 aromatic carbocycles. The predicted molar refractivity (Wildman–Crippen MR) is 106 cm³/mol. The molecule has 0 fully saturated rings.